The van der Waals surface area contributed by atoms with Gasteiger partial charge in [0.15, 0.2) is 0 Å². The van der Waals surface area contributed by atoms with Crippen LogP contribution in [0.1, 0.15) is 29.5 Å². The van der Waals surface area contributed by atoms with E-state index in [1.807, 2.05) is 25.1 Å². The molecule has 4 rings (SSSR count). The number of nitrogens with one attached hydrogen (secondary N) is 1. The number of carbonyl (C=O) groups excluding carboxylic acids is 1. The Morgan fingerprint density at radius 1 is 1.18 bits per heavy atom. The molecule has 0 unspecified atom stereocenters. The first-order chi connectivity index (χ1) is 13.6. The van der Waals surface area contributed by atoms with Crippen molar-refractivity contribution in [1.29, 1.82) is 0 Å². The van der Waals surface area contributed by atoms with E-state index in [0.717, 1.165) is 24.1 Å². The van der Waals surface area contributed by atoms with Gasteiger partial charge in [0.05, 0.1) is 11.4 Å². The van der Waals surface area contributed by atoms with E-state index in [9.17, 15) is 4.79 Å². The van der Waals surface area contributed by atoms with Gasteiger partial charge >= 0.3 is 0 Å². The highest BCUT2D eigenvalue weighted by Crippen LogP contribution is 2.47. The van der Waals surface area contributed by atoms with E-state index in [4.69, 9.17) is 0 Å². The van der Waals surface area contributed by atoms with Crippen molar-refractivity contribution in [1.82, 2.24) is 25.5 Å². The third-order valence-electron chi connectivity index (χ3n) is 5.22. The summed E-state index contributed by atoms with van der Waals surface area (Å²) in [6, 6.07) is 16.6. The number of aromatic nitrogens is 4. The molecule has 3 aromatic rings. The highest BCUT2D eigenvalue weighted by molar-refractivity contribution is 7.99. The lowest BCUT2D eigenvalue weighted by atomic mass is 9.96. The number of carbonyl (C=O) groups is 1. The Morgan fingerprint density at radius 2 is 1.96 bits per heavy atom. The quantitative estimate of drug-likeness (QED) is 0.624. The summed E-state index contributed by atoms with van der Waals surface area (Å²) >= 11 is 1.35. The molecule has 1 aliphatic carbocycles. The summed E-state index contributed by atoms with van der Waals surface area (Å²) in [4.78, 5) is 12.4. The van der Waals surface area contributed by atoms with Gasteiger partial charge in [0.1, 0.15) is 0 Å². The van der Waals surface area contributed by atoms with Crippen molar-refractivity contribution in [3.63, 3.8) is 0 Å². The van der Waals surface area contributed by atoms with Gasteiger partial charge in [-0.25, -0.2) is 0 Å². The normalized spacial score (nSPS) is 14.6. The van der Waals surface area contributed by atoms with E-state index < -0.39 is 0 Å². The van der Waals surface area contributed by atoms with Crippen LogP contribution < -0.4 is 5.32 Å². The smallest absolute Gasteiger partial charge is 0.230 e. The second kappa shape index (κ2) is 7.75. The molecule has 1 amide bonds. The molecule has 1 aromatic heterocycles. The molecule has 7 heteroatoms. The minimum absolute atomic E-state index is 0.00221. The van der Waals surface area contributed by atoms with Crippen molar-refractivity contribution >= 4 is 17.7 Å². The van der Waals surface area contributed by atoms with E-state index >= 15 is 0 Å². The fourth-order valence-electron chi connectivity index (χ4n) is 3.42. The third-order valence-corrected chi connectivity index (χ3v) is 6.14. The molecule has 1 N–H and O–H groups in total. The number of amides is 1. The SMILES string of the molecule is Cc1ccc(-n2nnnc2SCC(=O)NCC2(c3ccccc3)CC2)c(C)c1. The van der Waals surface area contributed by atoms with Crippen LogP contribution in [0.5, 0.6) is 0 Å². The highest BCUT2D eigenvalue weighted by Gasteiger charge is 2.44. The van der Waals surface area contributed by atoms with Crippen LogP contribution in [-0.4, -0.2) is 38.4 Å². The summed E-state index contributed by atoms with van der Waals surface area (Å²) in [6.07, 6.45) is 2.24. The molecule has 144 valence electrons. The Bertz CT molecular complexity index is 981. The number of nitrogens with zero attached hydrogens (tertiary/aromatic N) is 4. The Balaban J connectivity index is 1.36. The van der Waals surface area contributed by atoms with Crippen LogP contribution in [0.2, 0.25) is 0 Å². The van der Waals surface area contributed by atoms with E-state index in [0.29, 0.717) is 11.7 Å². The molecule has 2 aromatic carbocycles. The van der Waals surface area contributed by atoms with Crippen LogP contribution in [0.25, 0.3) is 5.69 Å². The van der Waals surface area contributed by atoms with Crippen molar-refractivity contribution in [2.45, 2.75) is 37.3 Å². The minimum Gasteiger partial charge on any atom is -0.354 e. The van der Waals surface area contributed by atoms with Crippen LogP contribution in [0.15, 0.2) is 53.7 Å². The topological polar surface area (TPSA) is 72.7 Å². The van der Waals surface area contributed by atoms with Crippen LogP contribution in [-0.2, 0) is 10.2 Å². The average Bonchev–Trinajstić information content (AvgIpc) is 3.36. The lowest BCUT2D eigenvalue weighted by molar-refractivity contribution is -0.118. The molecule has 0 spiro atoms. The zero-order chi connectivity index (χ0) is 19.6. The number of hydrogen-bond donors (Lipinski definition) is 1. The fourth-order valence-corrected chi connectivity index (χ4v) is 4.14. The summed E-state index contributed by atoms with van der Waals surface area (Å²) in [5, 5.41) is 15.7. The zero-order valence-corrected chi connectivity index (χ0v) is 16.9. The van der Waals surface area contributed by atoms with Gasteiger partial charge < -0.3 is 5.32 Å². The van der Waals surface area contributed by atoms with Crippen LogP contribution in [0.3, 0.4) is 0 Å². The summed E-state index contributed by atoms with van der Waals surface area (Å²) in [7, 11) is 0. The lowest BCUT2D eigenvalue weighted by Gasteiger charge is -2.16. The molecule has 0 atom stereocenters. The minimum atomic E-state index is 0.00221. The maximum atomic E-state index is 12.4. The second-order valence-corrected chi connectivity index (χ2v) is 8.32. The van der Waals surface area contributed by atoms with Crippen LogP contribution >= 0.6 is 11.8 Å². The molecule has 1 aliphatic rings. The average molecular weight is 394 g/mol. The molecule has 1 fully saturated rings. The summed E-state index contributed by atoms with van der Waals surface area (Å²) in [6.45, 7) is 4.76. The van der Waals surface area contributed by atoms with E-state index in [1.165, 1.54) is 22.9 Å². The second-order valence-electron chi connectivity index (χ2n) is 7.37. The van der Waals surface area contributed by atoms with E-state index in [-0.39, 0.29) is 17.1 Å². The van der Waals surface area contributed by atoms with E-state index in [2.05, 4.69) is 58.1 Å². The molecule has 6 nitrogen and oxygen atoms in total. The zero-order valence-electron chi connectivity index (χ0n) is 16.1. The third kappa shape index (κ3) is 3.94. The first-order valence-electron chi connectivity index (χ1n) is 9.38. The van der Waals surface area contributed by atoms with Crippen LogP contribution in [0.4, 0.5) is 0 Å². The highest BCUT2D eigenvalue weighted by atomic mass is 32.2. The van der Waals surface area contributed by atoms with Crippen molar-refractivity contribution in [2.24, 2.45) is 0 Å². The summed E-state index contributed by atoms with van der Waals surface area (Å²) in [5.74, 6) is 0.290. The Morgan fingerprint density at radius 3 is 2.68 bits per heavy atom. The first kappa shape index (κ1) is 18.7. The van der Waals surface area contributed by atoms with Gasteiger partial charge in [-0.2, -0.15) is 4.68 Å². The van der Waals surface area contributed by atoms with Crippen molar-refractivity contribution < 1.29 is 4.79 Å². The molecule has 1 heterocycles. The molecule has 0 radical (unpaired) electrons. The number of tetrazole rings is 1. The van der Waals surface area contributed by atoms with Gasteiger partial charge in [-0.05, 0) is 54.3 Å². The van der Waals surface area contributed by atoms with Gasteiger partial charge in [0.2, 0.25) is 11.1 Å². The fraction of sp³-hybridized carbons (Fsp3) is 0.333. The predicted molar refractivity (Wildman–Crippen MR) is 110 cm³/mol. The van der Waals surface area contributed by atoms with Crippen molar-refractivity contribution in [3.8, 4) is 5.69 Å². The standard InChI is InChI=1S/C21H23N5OS/c1-15-8-9-18(16(2)12-15)26-20(23-24-25-26)28-13-19(27)22-14-21(10-11-21)17-6-4-3-5-7-17/h3-9,12H,10-11,13-14H2,1-2H3,(H,22,27). The van der Waals surface area contributed by atoms with E-state index in [1.54, 1.807) is 4.68 Å². The van der Waals surface area contributed by atoms with Gasteiger partial charge in [-0.15, -0.1) is 5.10 Å². The maximum Gasteiger partial charge on any atom is 0.230 e. The summed E-state index contributed by atoms with van der Waals surface area (Å²) in [5.41, 5.74) is 4.64. The van der Waals surface area contributed by atoms with Gasteiger partial charge in [-0.3, -0.25) is 4.79 Å². The predicted octanol–water partition coefficient (Wildman–Crippen LogP) is 3.22. The Hall–Kier alpha value is -2.67. The van der Waals surface area contributed by atoms with Gasteiger partial charge in [-0.1, -0.05) is 59.8 Å². The monoisotopic (exact) mass is 393 g/mol. The molecular weight excluding hydrogens is 370 g/mol. The number of rotatable bonds is 7. The Labute approximate surface area is 168 Å². The number of benzene rings is 2. The maximum absolute atomic E-state index is 12.4. The van der Waals surface area contributed by atoms with Gasteiger partial charge in [0, 0.05) is 12.0 Å². The summed E-state index contributed by atoms with van der Waals surface area (Å²) < 4.78 is 1.69. The molecule has 0 saturated heterocycles. The molecule has 1 saturated carbocycles. The van der Waals surface area contributed by atoms with Crippen molar-refractivity contribution in [2.75, 3.05) is 12.3 Å². The number of thioether (sulfide) groups is 1. The molecular formula is C21H23N5OS. The largest absolute Gasteiger partial charge is 0.354 e. The van der Waals surface area contributed by atoms with Gasteiger partial charge in [0.25, 0.3) is 0 Å². The molecule has 0 bridgehead atoms. The number of aryl methyl sites for hydroxylation is 2. The molecule has 0 aliphatic heterocycles. The lowest BCUT2D eigenvalue weighted by Crippen LogP contribution is -2.33. The number of hydrogen-bond acceptors (Lipinski definition) is 5. The first-order valence-corrected chi connectivity index (χ1v) is 10.4. The molecule has 28 heavy (non-hydrogen) atoms. The van der Waals surface area contributed by atoms with Crippen molar-refractivity contribution in [3.05, 3.63) is 65.2 Å². The van der Waals surface area contributed by atoms with Crippen LogP contribution in [0, 0.1) is 13.8 Å². The Kier molecular flexibility index (Phi) is 5.17.